The van der Waals surface area contributed by atoms with Crippen molar-refractivity contribution in [3.05, 3.63) is 35.2 Å². The fraction of sp³-hybridized carbons (Fsp3) is 0.500. The van der Waals surface area contributed by atoms with Crippen LogP contribution in [0.3, 0.4) is 0 Å². The lowest BCUT2D eigenvalue weighted by atomic mass is 10.1. The summed E-state index contributed by atoms with van der Waals surface area (Å²) in [6.07, 6.45) is 2.89. The van der Waals surface area contributed by atoms with Crippen LogP contribution in [0.1, 0.15) is 18.2 Å². The Kier molecular flexibility index (Phi) is 8.99. The molecular weight excluding hydrogens is 339 g/mol. The molecule has 1 aromatic rings. The Bertz CT molecular complexity index is 354. The van der Waals surface area contributed by atoms with E-state index >= 15 is 0 Å². The summed E-state index contributed by atoms with van der Waals surface area (Å²) in [5.74, 6) is 1.02. The van der Waals surface area contributed by atoms with Gasteiger partial charge in [-0.25, -0.2) is 0 Å². The van der Waals surface area contributed by atoms with Gasteiger partial charge in [0.15, 0.2) is 4.67 Å². The predicted octanol–water partition coefficient (Wildman–Crippen LogP) is 3.41. The van der Waals surface area contributed by atoms with Gasteiger partial charge in [-0.1, -0.05) is 6.08 Å². The van der Waals surface area contributed by atoms with Crippen molar-refractivity contribution in [1.29, 1.82) is 0 Å². The van der Waals surface area contributed by atoms with Crippen molar-refractivity contribution in [3.63, 3.8) is 0 Å². The molecule has 6 heteroatoms. The van der Waals surface area contributed by atoms with Crippen molar-refractivity contribution < 1.29 is 4.42 Å². The monoisotopic (exact) mass is 356 g/mol. The van der Waals surface area contributed by atoms with E-state index in [1.165, 1.54) is 0 Å². The van der Waals surface area contributed by atoms with E-state index in [2.05, 4.69) is 32.7 Å². The van der Waals surface area contributed by atoms with Gasteiger partial charge in [0, 0.05) is 26.2 Å². The number of piperazine rings is 1. The molecule has 1 saturated heterocycles. The number of halogens is 3. The van der Waals surface area contributed by atoms with Gasteiger partial charge in [-0.05, 0) is 34.5 Å². The quantitative estimate of drug-likeness (QED) is 0.837. The molecule has 0 bridgehead atoms. The highest BCUT2D eigenvalue weighted by atomic mass is 79.9. The maximum atomic E-state index is 5.66. The van der Waals surface area contributed by atoms with Crippen LogP contribution in [0.5, 0.6) is 0 Å². The van der Waals surface area contributed by atoms with Gasteiger partial charge in [-0.15, -0.1) is 31.4 Å². The smallest absolute Gasteiger partial charge is 0.169 e. The second-order valence-electron chi connectivity index (χ2n) is 3.97. The van der Waals surface area contributed by atoms with E-state index in [1.54, 1.807) is 0 Å². The Hall–Kier alpha value is -0.000000000000000111. The molecular formula is C12H19BrCl2N2O. The average Bonchev–Trinajstić information content (AvgIpc) is 2.74. The van der Waals surface area contributed by atoms with Gasteiger partial charge in [0.1, 0.15) is 5.76 Å². The zero-order valence-corrected chi connectivity index (χ0v) is 13.3. The van der Waals surface area contributed by atoms with Crippen LogP contribution in [0, 0.1) is 0 Å². The van der Waals surface area contributed by atoms with E-state index in [-0.39, 0.29) is 24.8 Å². The zero-order chi connectivity index (χ0) is 11.4. The number of rotatable bonds is 4. The van der Waals surface area contributed by atoms with Gasteiger partial charge < -0.3 is 9.73 Å². The Balaban J connectivity index is 0.00000144. The number of nitrogens with one attached hydrogen (secondary N) is 1. The van der Waals surface area contributed by atoms with Crippen LogP contribution in [0.4, 0.5) is 0 Å². The minimum Gasteiger partial charge on any atom is -0.453 e. The number of hydrogen-bond donors (Lipinski definition) is 1. The summed E-state index contributed by atoms with van der Waals surface area (Å²) in [7, 11) is 0. The van der Waals surface area contributed by atoms with Gasteiger partial charge in [-0.3, -0.25) is 4.90 Å². The van der Waals surface area contributed by atoms with Crippen molar-refractivity contribution in [3.8, 4) is 0 Å². The van der Waals surface area contributed by atoms with E-state index in [9.17, 15) is 0 Å². The Morgan fingerprint density at radius 3 is 2.56 bits per heavy atom. The highest BCUT2D eigenvalue weighted by Gasteiger charge is 2.23. The highest BCUT2D eigenvalue weighted by Crippen LogP contribution is 2.28. The maximum Gasteiger partial charge on any atom is 0.169 e. The molecule has 0 spiro atoms. The molecule has 0 saturated carbocycles. The number of hydrogen-bond acceptors (Lipinski definition) is 3. The Labute approximate surface area is 129 Å². The van der Waals surface area contributed by atoms with Crippen LogP contribution in [-0.2, 0) is 0 Å². The summed E-state index contributed by atoms with van der Waals surface area (Å²) in [5.41, 5.74) is 0. The van der Waals surface area contributed by atoms with Crippen LogP contribution in [0.2, 0.25) is 0 Å². The van der Waals surface area contributed by atoms with Crippen molar-refractivity contribution in [2.75, 3.05) is 26.2 Å². The molecule has 1 aliphatic heterocycles. The zero-order valence-electron chi connectivity index (χ0n) is 10.1. The van der Waals surface area contributed by atoms with Gasteiger partial charge in [-0.2, -0.15) is 0 Å². The first-order valence-electron chi connectivity index (χ1n) is 5.62. The Morgan fingerprint density at radius 2 is 2.06 bits per heavy atom. The van der Waals surface area contributed by atoms with Gasteiger partial charge in [0.2, 0.25) is 0 Å². The molecule has 0 amide bonds. The van der Waals surface area contributed by atoms with Crippen molar-refractivity contribution in [2.45, 2.75) is 12.5 Å². The lowest BCUT2D eigenvalue weighted by Gasteiger charge is -2.33. The second-order valence-corrected chi connectivity index (χ2v) is 4.75. The summed E-state index contributed by atoms with van der Waals surface area (Å²) in [4.78, 5) is 2.45. The first-order valence-corrected chi connectivity index (χ1v) is 6.41. The number of nitrogens with zero attached hydrogens (tertiary/aromatic N) is 1. The van der Waals surface area contributed by atoms with E-state index in [4.69, 9.17) is 4.42 Å². The van der Waals surface area contributed by atoms with Crippen LogP contribution in [0.25, 0.3) is 0 Å². The molecule has 0 aliphatic carbocycles. The Morgan fingerprint density at radius 1 is 1.39 bits per heavy atom. The van der Waals surface area contributed by atoms with E-state index in [1.807, 2.05) is 18.2 Å². The predicted molar refractivity (Wildman–Crippen MR) is 82.9 cm³/mol. The molecule has 1 aliphatic rings. The van der Waals surface area contributed by atoms with Crippen molar-refractivity contribution in [2.24, 2.45) is 0 Å². The standard InChI is InChI=1S/C12H17BrN2O.2ClH/c1-2-3-10(11-4-5-12(13)16-11)15-8-6-14-7-9-15;;/h2,4-5,10,14H,1,3,6-9H2;2*1H/t10-;;/m0../s1. The average molecular weight is 358 g/mol. The summed E-state index contributed by atoms with van der Waals surface area (Å²) in [5, 5.41) is 3.36. The van der Waals surface area contributed by atoms with Gasteiger partial charge in [0.25, 0.3) is 0 Å². The molecule has 104 valence electrons. The van der Waals surface area contributed by atoms with Crippen molar-refractivity contribution in [1.82, 2.24) is 10.2 Å². The van der Waals surface area contributed by atoms with Crippen LogP contribution >= 0.6 is 40.7 Å². The molecule has 3 nitrogen and oxygen atoms in total. The lowest BCUT2D eigenvalue weighted by molar-refractivity contribution is 0.154. The minimum absolute atomic E-state index is 0. The maximum absolute atomic E-state index is 5.66. The molecule has 1 atom stereocenters. The summed E-state index contributed by atoms with van der Waals surface area (Å²) in [6, 6.07) is 4.32. The highest BCUT2D eigenvalue weighted by molar-refractivity contribution is 9.10. The largest absolute Gasteiger partial charge is 0.453 e. The molecule has 18 heavy (non-hydrogen) atoms. The molecule has 2 rings (SSSR count). The van der Waals surface area contributed by atoms with Crippen LogP contribution in [-0.4, -0.2) is 31.1 Å². The fourth-order valence-corrected chi connectivity index (χ4v) is 2.42. The SMILES string of the molecule is C=CC[C@@H](c1ccc(Br)o1)N1CCNCC1.Cl.Cl. The van der Waals surface area contributed by atoms with Gasteiger partial charge >= 0.3 is 0 Å². The van der Waals surface area contributed by atoms with E-state index in [0.717, 1.165) is 43.0 Å². The lowest BCUT2D eigenvalue weighted by Crippen LogP contribution is -2.45. The third-order valence-corrected chi connectivity index (χ3v) is 3.33. The first kappa shape index (κ1) is 18.0. The van der Waals surface area contributed by atoms with Gasteiger partial charge in [0.05, 0.1) is 6.04 Å². The van der Waals surface area contributed by atoms with Crippen LogP contribution in [0.15, 0.2) is 33.9 Å². The molecule has 0 radical (unpaired) electrons. The van der Waals surface area contributed by atoms with Crippen LogP contribution < -0.4 is 5.32 Å². The third-order valence-electron chi connectivity index (χ3n) is 2.90. The van der Waals surface area contributed by atoms with Crippen molar-refractivity contribution >= 4 is 40.7 Å². The van der Waals surface area contributed by atoms with E-state index < -0.39 is 0 Å². The third kappa shape index (κ3) is 4.59. The molecule has 1 N–H and O–H groups in total. The summed E-state index contributed by atoms with van der Waals surface area (Å²) >= 11 is 3.35. The molecule has 0 aromatic carbocycles. The molecule has 1 aromatic heterocycles. The molecule has 1 fully saturated rings. The topological polar surface area (TPSA) is 28.4 Å². The molecule has 0 unspecified atom stereocenters. The normalized spacial score (nSPS) is 17.4. The second kappa shape index (κ2) is 8.99. The number of furan rings is 1. The fourth-order valence-electron chi connectivity index (χ4n) is 2.10. The first-order chi connectivity index (χ1) is 7.81. The summed E-state index contributed by atoms with van der Waals surface area (Å²) < 4.78 is 6.46. The summed E-state index contributed by atoms with van der Waals surface area (Å²) in [6.45, 7) is 8.07. The molecule has 2 heterocycles. The van der Waals surface area contributed by atoms with E-state index in [0.29, 0.717) is 6.04 Å². The minimum atomic E-state index is 0.